The van der Waals surface area contributed by atoms with E-state index in [9.17, 15) is 0 Å². The Bertz CT molecular complexity index is 781. The molecular weight excluding hydrogens is 354 g/mol. The highest BCUT2D eigenvalue weighted by molar-refractivity contribution is 5.69. The fourth-order valence-electron chi connectivity index (χ4n) is 3.49. The first-order chi connectivity index (χ1) is 13.6. The number of aryl methyl sites for hydroxylation is 1. The molecule has 0 bridgehead atoms. The molecule has 0 unspecified atom stereocenters. The summed E-state index contributed by atoms with van der Waals surface area (Å²) in [6.07, 6.45) is 6.08. The zero-order valence-electron chi connectivity index (χ0n) is 17.6. The number of benzene rings is 1. The van der Waals surface area contributed by atoms with Crippen molar-refractivity contribution >= 4 is 5.69 Å². The largest absolute Gasteiger partial charge is 0.497 e. The van der Waals surface area contributed by atoms with Crippen LogP contribution in [0.4, 0.5) is 5.69 Å². The van der Waals surface area contributed by atoms with Gasteiger partial charge in [0.2, 0.25) is 5.88 Å². The van der Waals surface area contributed by atoms with E-state index in [-0.39, 0.29) is 0 Å². The van der Waals surface area contributed by atoms with Gasteiger partial charge in [0.25, 0.3) is 0 Å². The van der Waals surface area contributed by atoms with Crippen LogP contribution in [0.3, 0.4) is 0 Å². The third-order valence-electron chi connectivity index (χ3n) is 5.29. The zero-order chi connectivity index (χ0) is 20.1. The second-order valence-electron chi connectivity index (χ2n) is 7.28. The Labute approximate surface area is 167 Å². The number of anilines is 1. The van der Waals surface area contributed by atoms with Gasteiger partial charge in [-0.05, 0) is 37.3 Å². The average molecular weight is 386 g/mol. The molecule has 6 heteroatoms. The molecule has 1 heterocycles. The maximum atomic E-state index is 5.67. The third-order valence-corrected chi connectivity index (χ3v) is 5.29. The number of hydrogen-bond acceptors (Lipinski definition) is 6. The van der Waals surface area contributed by atoms with Gasteiger partial charge in [0, 0.05) is 19.7 Å². The van der Waals surface area contributed by atoms with Gasteiger partial charge < -0.3 is 19.1 Å². The van der Waals surface area contributed by atoms with Gasteiger partial charge in [0.05, 0.1) is 32.6 Å². The molecule has 0 N–H and O–H groups in total. The Morgan fingerprint density at radius 3 is 2.46 bits per heavy atom. The average Bonchev–Trinajstić information content (AvgIpc) is 3.56. The van der Waals surface area contributed by atoms with Gasteiger partial charge in [-0.3, -0.25) is 0 Å². The normalized spacial score (nSPS) is 13.3. The van der Waals surface area contributed by atoms with Crippen LogP contribution in [0.1, 0.15) is 38.3 Å². The van der Waals surface area contributed by atoms with Crippen LogP contribution < -0.4 is 19.1 Å². The van der Waals surface area contributed by atoms with E-state index in [0.29, 0.717) is 17.5 Å². The number of nitrogens with zero attached hydrogens (tertiary/aromatic N) is 3. The minimum absolute atomic E-state index is 0.600. The van der Waals surface area contributed by atoms with Gasteiger partial charge in [-0.25, -0.2) is 4.98 Å². The lowest BCUT2D eigenvalue weighted by Gasteiger charge is -2.24. The molecule has 1 saturated carbocycles. The molecule has 1 aromatic heterocycles. The molecule has 0 saturated heterocycles. The van der Waals surface area contributed by atoms with E-state index in [1.165, 1.54) is 25.7 Å². The molecule has 0 atom stereocenters. The molecule has 2 aromatic rings. The van der Waals surface area contributed by atoms with E-state index < -0.39 is 0 Å². The van der Waals surface area contributed by atoms with Crippen LogP contribution >= 0.6 is 0 Å². The van der Waals surface area contributed by atoms with Crippen molar-refractivity contribution in [3.63, 3.8) is 0 Å². The van der Waals surface area contributed by atoms with Crippen molar-refractivity contribution in [1.29, 1.82) is 0 Å². The Morgan fingerprint density at radius 2 is 1.86 bits per heavy atom. The number of hydrogen-bond donors (Lipinski definition) is 0. The van der Waals surface area contributed by atoms with E-state index in [2.05, 4.69) is 18.9 Å². The van der Waals surface area contributed by atoms with E-state index in [1.54, 1.807) is 21.3 Å². The highest BCUT2D eigenvalue weighted by Gasteiger charge is 2.23. The second kappa shape index (κ2) is 9.13. The highest BCUT2D eigenvalue weighted by Crippen LogP contribution is 2.37. The smallest absolute Gasteiger partial charge is 0.241 e. The molecule has 28 heavy (non-hydrogen) atoms. The van der Waals surface area contributed by atoms with Gasteiger partial charge in [0.15, 0.2) is 5.82 Å². The van der Waals surface area contributed by atoms with Crippen LogP contribution in [0.5, 0.6) is 17.4 Å². The molecule has 152 valence electrons. The van der Waals surface area contributed by atoms with Gasteiger partial charge in [-0.1, -0.05) is 19.8 Å². The van der Waals surface area contributed by atoms with Crippen molar-refractivity contribution in [2.45, 2.75) is 39.0 Å². The van der Waals surface area contributed by atoms with Gasteiger partial charge >= 0.3 is 0 Å². The summed E-state index contributed by atoms with van der Waals surface area (Å²) in [5, 5.41) is 0. The SMILES string of the molecule is CCc1nc(-c2ccc(OC)cc2OC)nc(OC)c1N(C)CCCC1CC1. The van der Waals surface area contributed by atoms with Crippen molar-refractivity contribution in [1.82, 2.24) is 9.97 Å². The minimum Gasteiger partial charge on any atom is -0.497 e. The van der Waals surface area contributed by atoms with Crippen LogP contribution in [-0.2, 0) is 6.42 Å². The summed E-state index contributed by atoms with van der Waals surface area (Å²) < 4.78 is 16.5. The topological polar surface area (TPSA) is 56.7 Å². The van der Waals surface area contributed by atoms with Crippen molar-refractivity contribution in [3.05, 3.63) is 23.9 Å². The number of ether oxygens (including phenoxy) is 3. The molecule has 0 aliphatic heterocycles. The molecule has 0 amide bonds. The number of methoxy groups -OCH3 is 3. The van der Waals surface area contributed by atoms with E-state index in [1.807, 2.05) is 18.2 Å². The number of aromatic nitrogens is 2. The van der Waals surface area contributed by atoms with Crippen LogP contribution in [0, 0.1) is 5.92 Å². The molecule has 6 nitrogen and oxygen atoms in total. The first-order valence-corrected chi connectivity index (χ1v) is 9.99. The molecular formula is C22H31N3O3. The quantitative estimate of drug-likeness (QED) is 0.606. The third kappa shape index (κ3) is 4.49. The highest BCUT2D eigenvalue weighted by atomic mass is 16.5. The van der Waals surface area contributed by atoms with E-state index in [4.69, 9.17) is 24.2 Å². The lowest BCUT2D eigenvalue weighted by atomic mass is 10.1. The first kappa shape index (κ1) is 20.2. The summed E-state index contributed by atoms with van der Waals surface area (Å²) in [6.45, 7) is 3.09. The van der Waals surface area contributed by atoms with E-state index >= 15 is 0 Å². The van der Waals surface area contributed by atoms with Crippen LogP contribution in [0.25, 0.3) is 11.4 Å². The summed E-state index contributed by atoms with van der Waals surface area (Å²) >= 11 is 0. The predicted molar refractivity (Wildman–Crippen MR) is 112 cm³/mol. The first-order valence-electron chi connectivity index (χ1n) is 9.99. The minimum atomic E-state index is 0.600. The maximum Gasteiger partial charge on any atom is 0.241 e. The zero-order valence-corrected chi connectivity index (χ0v) is 17.6. The second-order valence-corrected chi connectivity index (χ2v) is 7.28. The van der Waals surface area contributed by atoms with E-state index in [0.717, 1.165) is 41.6 Å². The van der Waals surface area contributed by atoms with Crippen LogP contribution in [-0.4, -0.2) is 44.9 Å². The predicted octanol–water partition coefficient (Wildman–Crippen LogP) is 4.36. The molecule has 1 aliphatic carbocycles. The monoisotopic (exact) mass is 385 g/mol. The Morgan fingerprint density at radius 1 is 1.07 bits per heavy atom. The van der Waals surface area contributed by atoms with Gasteiger partial charge in [-0.15, -0.1) is 0 Å². The summed E-state index contributed by atoms with van der Waals surface area (Å²) in [4.78, 5) is 11.8. The summed E-state index contributed by atoms with van der Waals surface area (Å²) in [5.41, 5.74) is 2.78. The van der Waals surface area contributed by atoms with Crippen molar-refractivity contribution in [2.24, 2.45) is 5.92 Å². The van der Waals surface area contributed by atoms with Crippen LogP contribution in [0.15, 0.2) is 18.2 Å². The fourth-order valence-corrected chi connectivity index (χ4v) is 3.49. The lowest BCUT2D eigenvalue weighted by Crippen LogP contribution is -2.22. The Balaban J connectivity index is 1.94. The molecule has 1 aromatic carbocycles. The summed E-state index contributed by atoms with van der Waals surface area (Å²) in [7, 11) is 7.04. The van der Waals surface area contributed by atoms with Gasteiger partial charge in [0.1, 0.15) is 17.2 Å². The lowest BCUT2D eigenvalue weighted by molar-refractivity contribution is 0.393. The molecule has 0 spiro atoms. The van der Waals surface area contributed by atoms with Crippen molar-refractivity contribution in [3.8, 4) is 28.8 Å². The molecule has 3 rings (SSSR count). The van der Waals surface area contributed by atoms with Crippen molar-refractivity contribution in [2.75, 3.05) is 39.8 Å². The summed E-state index contributed by atoms with van der Waals surface area (Å²) in [5.74, 6) is 3.56. The number of rotatable bonds is 10. The molecule has 0 radical (unpaired) electrons. The Kier molecular flexibility index (Phi) is 6.60. The molecule has 1 aliphatic rings. The Hall–Kier alpha value is -2.50. The molecule has 1 fully saturated rings. The standard InChI is InChI=1S/C22H31N3O3/c1-6-18-20(25(2)13-7-8-15-9-10-15)22(28-5)24-21(23-18)17-12-11-16(26-3)14-19(17)27-4/h11-12,14-15H,6-10,13H2,1-5H3. The summed E-state index contributed by atoms with van der Waals surface area (Å²) in [6, 6.07) is 5.65. The maximum absolute atomic E-state index is 5.67. The van der Waals surface area contributed by atoms with Gasteiger partial charge in [-0.2, -0.15) is 4.98 Å². The van der Waals surface area contributed by atoms with Crippen molar-refractivity contribution < 1.29 is 14.2 Å². The van der Waals surface area contributed by atoms with Crippen LogP contribution in [0.2, 0.25) is 0 Å². The fraction of sp³-hybridized carbons (Fsp3) is 0.545.